The molecule has 98 valence electrons. The lowest BCUT2D eigenvalue weighted by atomic mass is 10.0. The van der Waals surface area contributed by atoms with Crippen molar-refractivity contribution in [2.24, 2.45) is 0 Å². The molecule has 0 radical (unpaired) electrons. The van der Waals surface area contributed by atoms with Crippen molar-refractivity contribution in [2.75, 3.05) is 0 Å². The highest BCUT2D eigenvalue weighted by atomic mass is 19.1. The van der Waals surface area contributed by atoms with Crippen LogP contribution in [0.3, 0.4) is 0 Å². The number of benzene rings is 2. The summed E-state index contributed by atoms with van der Waals surface area (Å²) in [6.07, 6.45) is 0.175. The Kier molecular flexibility index (Phi) is 4.05. The van der Waals surface area contributed by atoms with E-state index in [4.69, 9.17) is 0 Å². The molecule has 0 amide bonds. The van der Waals surface area contributed by atoms with Crippen LogP contribution in [0.4, 0.5) is 8.78 Å². The monoisotopic (exact) mass is 260 g/mol. The van der Waals surface area contributed by atoms with Crippen molar-refractivity contribution in [1.82, 2.24) is 0 Å². The van der Waals surface area contributed by atoms with Gasteiger partial charge in [0.05, 0.1) is 0 Å². The van der Waals surface area contributed by atoms with Gasteiger partial charge < -0.3 is 0 Å². The van der Waals surface area contributed by atoms with Gasteiger partial charge in [0.15, 0.2) is 5.78 Å². The lowest BCUT2D eigenvalue weighted by molar-refractivity contribution is 0.0982. The van der Waals surface area contributed by atoms with Crippen molar-refractivity contribution in [2.45, 2.75) is 19.8 Å². The zero-order valence-corrected chi connectivity index (χ0v) is 10.6. The Morgan fingerprint density at radius 1 is 1.05 bits per heavy atom. The number of aryl methyl sites for hydroxylation is 1. The highest BCUT2D eigenvalue weighted by Gasteiger charge is 2.13. The fourth-order valence-corrected chi connectivity index (χ4v) is 1.95. The molecule has 19 heavy (non-hydrogen) atoms. The highest BCUT2D eigenvalue weighted by molar-refractivity contribution is 5.96. The second-order valence-corrected chi connectivity index (χ2v) is 4.45. The molecule has 0 aliphatic heterocycles. The first-order chi connectivity index (χ1) is 9.09. The zero-order valence-electron chi connectivity index (χ0n) is 10.6. The quantitative estimate of drug-likeness (QED) is 0.757. The van der Waals surface area contributed by atoms with Crippen molar-refractivity contribution in [3.63, 3.8) is 0 Å². The number of Topliss-reactive ketones (excluding diaryl/α,β-unsaturated/α-hetero) is 1. The molecule has 0 saturated carbocycles. The Hall–Kier alpha value is -2.03. The van der Waals surface area contributed by atoms with Crippen LogP contribution in [0.25, 0.3) is 0 Å². The summed E-state index contributed by atoms with van der Waals surface area (Å²) in [6, 6.07) is 11.4. The molecule has 0 spiro atoms. The van der Waals surface area contributed by atoms with E-state index in [1.54, 1.807) is 31.2 Å². The summed E-state index contributed by atoms with van der Waals surface area (Å²) in [7, 11) is 0. The first-order valence-electron chi connectivity index (χ1n) is 6.11. The first kappa shape index (κ1) is 13.4. The average Bonchev–Trinajstić information content (AvgIpc) is 2.44. The second-order valence-electron chi connectivity index (χ2n) is 4.45. The van der Waals surface area contributed by atoms with Gasteiger partial charge >= 0.3 is 0 Å². The van der Waals surface area contributed by atoms with Crippen molar-refractivity contribution >= 4 is 5.78 Å². The summed E-state index contributed by atoms with van der Waals surface area (Å²) in [5.74, 6) is -1.26. The van der Waals surface area contributed by atoms with Gasteiger partial charge in [-0.1, -0.05) is 36.4 Å². The SMILES string of the molecule is Cc1ccc(F)c(CCC(=O)c2ccccc2)c1F. The molecule has 0 N–H and O–H groups in total. The molecule has 0 unspecified atom stereocenters. The van der Waals surface area contributed by atoms with Gasteiger partial charge in [0.25, 0.3) is 0 Å². The lowest BCUT2D eigenvalue weighted by Gasteiger charge is -2.07. The summed E-state index contributed by atoms with van der Waals surface area (Å²) in [6.45, 7) is 1.58. The number of carbonyl (C=O) groups excluding carboxylic acids is 1. The van der Waals surface area contributed by atoms with Crippen LogP contribution in [-0.4, -0.2) is 5.78 Å². The van der Waals surface area contributed by atoms with Crippen molar-refractivity contribution in [3.8, 4) is 0 Å². The van der Waals surface area contributed by atoms with Gasteiger partial charge in [-0.2, -0.15) is 0 Å². The fraction of sp³-hybridized carbons (Fsp3) is 0.188. The maximum Gasteiger partial charge on any atom is 0.163 e. The summed E-state index contributed by atoms with van der Waals surface area (Å²) in [5, 5.41) is 0. The number of carbonyl (C=O) groups is 1. The van der Waals surface area contributed by atoms with E-state index in [0.29, 0.717) is 11.1 Å². The van der Waals surface area contributed by atoms with Gasteiger partial charge in [0.2, 0.25) is 0 Å². The van der Waals surface area contributed by atoms with Crippen LogP contribution in [0, 0.1) is 18.6 Å². The van der Waals surface area contributed by atoms with Gasteiger partial charge in [-0.15, -0.1) is 0 Å². The standard InChI is InChI=1S/C16H14F2O/c1-11-7-9-14(17)13(16(11)18)8-10-15(19)12-5-3-2-4-6-12/h2-7,9H,8,10H2,1H3. The van der Waals surface area contributed by atoms with Crippen molar-refractivity contribution in [3.05, 3.63) is 70.8 Å². The minimum absolute atomic E-state index is 0.00992. The maximum absolute atomic E-state index is 13.8. The molecule has 0 fully saturated rings. The van der Waals surface area contributed by atoms with Crippen LogP contribution in [0.15, 0.2) is 42.5 Å². The second kappa shape index (κ2) is 5.74. The van der Waals surface area contributed by atoms with E-state index in [0.717, 1.165) is 0 Å². The van der Waals surface area contributed by atoms with Crippen molar-refractivity contribution < 1.29 is 13.6 Å². The zero-order chi connectivity index (χ0) is 13.8. The van der Waals surface area contributed by atoms with Gasteiger partial charge in [-0.3, -0.25) is 4.79 Å². The molecule has 0 heterocycles. The van der Waals surface area contributed by atoms with Crippen LogP contribution < -0.4 is 0 Å². The summed E-state index contributed by atoms with van der Waals surface area (Å²) in [5.41, 5.74) is 0.948. The van der Waals surface area contributed by atoms with E-state index >= 15 is 0 Å². The van der Waals surface area contributed by atoms with Gasteiger partial charge in [-0.25, -0.2) is 8.78 Å². The Morgan fingerprint density at radius 2 is 1.74 bits per heavy atom. The molecule has 2 aromatic carbocycles. The molecular weight excluding hydrogens is 246 g/mol. The molecule has 2 rings (SSSR count). The Labute approximate surface area is 110 Å². The Morgan fingerprint density at radius 3 is 2.42 bits per heavy atom. The minimum atomic E-state index is -0.594. The van der Waals surface area contributed by atoms with E-state index in [1.807, 2.05) is 6.07 Å². The van der Waals surface area contributed by atoms with Crippen LogP contribution >= 0.6 is 0 Å². The lowest BCUT2D eigenvalue weighted by Crippen LogP contribution is -2.04. The highest BCUT2D eigenvalue weighted by Crippen LogP contribution is 2.18. The number of halogens is 2. The fourth-order valence-electron chi connectivity index (χ4n) is 1.95. The van der Waals surface area contributed by atoms with Gasteiger partial charge in [-0.05, 0) is 25.0 Å². The van der Waals surface area contributed by atoms with Crippen molar-refractivity contribution in [1.29, 1.82) is 0 Å². The number of hydrogen-bond acceptors (Lipinski definition) is 1. The molecule has 3 heteroatoms. The largest absolute Gasteiger partial charge is 0.294 e. The summed E-state index contributed by atoms with van der Waals surface area (Å²) >= 11 is 0. The summed E-state index contributed by atoms with van der Waals surface area (Å²) in [4.78, 5) is 11.9. The molecule has 0 saturated heterocycles. The van der Waals surface area contributed by atoms with Crippen LogP contribution in [0.1, 0.15) is 27.9 Å². The van der Waals surface area contributed by atoms with Crippen LogP contribution in [0.5, 0.6) is 0 Å². The summed E-state index contributed by atoms with van der Waals surface area (Å²) < 4.78 is 27.3. The van der Waals surface area contributed by atoms with Crippen LogP contribution in [-0.2, 0) is 6.42 Å². The molecular formula is C16H14F2O. The Bertz CT molecular complexity index is 591. The smallest absolute Gasteiger partial charge is 0.163 e. The number of hydrogen-bond donors (Lipinski definition) is 0. The molecule has 1 nitrogen and oxygen atoms in total. The predicted octanol–water partition coefficient (Wildman–Crippen LogP) is 4.09. The van der Waals surface area contributed by atoms with Gasteiger partial charge in [0.1, 0.15) is 11.6 Å². The molecule has 0 aromatic heterocycles. The maximum atomic E-state index is 13.8. The normalized spacial score (nSPS) is 10.5. The van der Waals surface area contributed by atoms with E-state index in [2.05, 4.69) is 0 Å². The minimum Gasteiger partial charge on any atom is -0.294 e. The molecule has 0 bridgehead atoms. The van der Waals surface area contributed by atoms with E-state index < -0.39 is 11.6 Å². The van der Waals surface area contributed by atoms with Gasteiger partial charge in [0, 0.05) is 17.5 Å². The van der Waals surface area contributed by atoms with E-state index in [-0.39, 0.29) is 24.2 Å². The topological polar surface area (TPSA) is 17.1 Å². The molecule has 0 aliphatic rings. The number of rotatable bonds is 4. The first-order valence-corrected chi connectivity index (χ1v) is 6.11. The Balaban J connectivity index is 2.12. The third kappa shape index (κ3) is 3.05. The molecule has 0 aliphatic carbocycles. The third-order valence-corrected chi connectivity index (χ3v) is 3.08. The predicted molar refractivity (Wildman–Crippen MR) is 70.2 cm³/mol. The number of ketones is 1. The van der Waals surface area contributed by atoms with E-state index in [1.165, 1.54) is 12.1 Å². The molecule has 2 aromatic rings. The average molecular weight is 260 g/mol. The van der Waals surface area contributed by atoms with Crippen LogP contribution in [0.2, 0.25) is 0 Å². The third-order valence-electron chi connectivity index (χ3n) is 3.08. The molecule has 0 atom stereocenters. The van der Waals surface area contributed by atoms with E-state index in [9.17, 15) is 13.6 Å².